The zero-order chi connectivity index (χ0) is 22.7. The van der Waals surface area contributed by atoms with Crippen molar-refractivity contribution in [3.63, 3.8) is 0 Å². The Morgan fingerprint density at radius 3 is 2.41 bits per heavy atom. The van der Waals surface area contributed by atoms with Gasteiger partial charge in [0.2, 0.25) is 5.91 Å². The summed E-state index contributed by atoms with van der Waals surface area (Å²) in [6.45, 7) is 2.14. The molecule has 178 valence electrons. The minimum absolute atomic E-state index is 0.236. The fourth-order valence-corrected chi connectivity index (χ4v) is 6.87. The van der Waals surface area contributed by atoms with Gasteiger partial charge in [-0.05, 0) is 68.1 Å². The molecule has 2 heterocycles. The molecule has 1 aromatic rings. The molecule has 1 N–H and O–H groups in total. The largest absolute Gasteiger partial charge is 0.508 e. The number of hydrogen-bond donors (Lipinski definition) is 1. The smallest absolute Gasteiger partial charge is 0.237 e. The lowest BCUT2D eigenvalue weighted by Crippen LogP contribution is -2.48. The van der Waals surface area contributed by atoms with Gasteiger partial charge in [0.25, 0.3) is 0 Å². The standard InChI is InChI=1S/C25H38N2O4S/c1-32(30,31)18-25(29)26(17-19-6-3-2-4-7-19)12-13-27-22-10-11-23(27)15-21(14-22)20-8-5-9-24(28)16-20/h5,8-9,16,19,21-23,28H,2-4,6-7,10-15,17-18H2,1H3. The first-order chi connectivity index (χ1) is 15.3. The van der Waals surface area contributed by atoms with Crippen molar-refractivity contribution in [1.29, 1.82) is 0 Å². The molecule has 0 spiro atoms. The first-order valence-electron chi connectivity index (χ1n) is 12.3. The van der Waals surface area contributed by atoms with Gasteiger partial charge < -0.3 is 10.0 Å². The maximum absolute atomic E-state index is 12.9. The van der Waals surface area contributed by atoms with E-state index >= 15 is 0 Å². The Morgan fingerprint density at radius 2 is 1.78 bits per heavy atom. The zero-order valence-corrected chi connectivity index (χ0v) is 20.1. The second-order valence-corrected chi connectivity index (χ2v) is 12.4. The molecule has 3 aliphatic rings. The van der Waals surface area contributed by atoms with Gasteiger partial charge in [0, 0.05) is 38.0 Å². The van der Waals surface area contributed by atoms with Gasteiger partial charge in [-0.1, -0.05) is 31.4 Å². The Bertz CT molecular complexity index is 883. The fraction of sp³-hybridized carbons (Fsp3) is 0.720. The normalized spacial score (nSPS) is 26.8. The van der Waals surface area contributed by atoms with E-state index in [1.807, 2.05) is 17.0 Å². The summed E-state index contributed by atoms with van der Waals surface area (Å²) < 4.78 is 23.6. The van der Waals surface area contributed by atoms with Gasteiger partial charge in [0.1, 0.15) is 11.5 Å². The van der Waals surface area contributed by atoms with Crippen molar-refractivity contribution in [1.82, 2.24) is 9.80 Å². The number of phenols is 1. The van der Waals surface area contributed by atoms with Crippen LogP contribution in [-0.4, -0.2) is 73.0 Å². The third-order valence-electron chi connectivity index (χ3n) is 7.80. The van der Waals surface area contributed by atoms with Crippen molar-refractivity contribution in [2.45, 2.75) is 75.8 Å². The number of piperidine rings is 1. The van der Waals surface area contributed by atoms with Crippen LogP contribution < -0.4 is 0 Å². The maximum Gasteiger partial charge on any atom is 0.237 e. The minimum atomic E-state index is -3.33. The molecular formula is C25H38N2O4S. The molecule has 1 amide bonds. The Hall–Kier alpha value is -1.60. The van der Waals surface area contributed by atoms with Gasteiger partial charge in [0.15, 0.2) is 9.84 Å². The third-order valence-corrected chi connectivity index (χ3v) is 8.57. The minimum Gasteiger partial charge on any atom is -0.508 e. The van der Waals surface area contributed by atoms with Gasteiger partial charge in [-0.3, -0.25) is 9.69 Å². The highest BCUT2D eigenvalue weighted by molar-refractivity contribution is 7.91. The molecule has 7 heteroatoms. The Morgan fingerprint density at radius 1 is 1.09 bits per heavy atom. The summed E-state index contributed by atoms with van der Waals surface area (Å²) in [6, 6.07) is 8.67. The number of rotatable bonds is 8. The summed E-state index contributed by atoms with van der Waals surface area (Å²) >= 11 is 0. The van der Waals surface area contributed by atoms with Crippen LogP contribution in [0, 0.1) is 5.92 Å². The van der Waals surface area contributed by atoms with E-state index < -0.39 is 9.84 Å². The first kappa shape index (κ1) is 23.6. The number of hydrogen-bond acceptors (Lipinski definition) is 5. The van der Waals surface area contributed by atoms with Crippen LogP contribution in [0.15, 0.2) is 24.3 Å². The van der Waals surface area contributed by atoms with Crippen LogP contribution in [-0.2, 0) is 14.6 Å². The van der Waals surface area contributed by atoms with E-state index in [2.05, 4.69) is 11.0 Å². The fourth-order valence-electron chi connectivity index (χ4n) is 6.24. The topological polar surface area (TPSA) is 77.9 Å². The van der Waals surface area contributed by atoms with Crippen molar-refractivity contribution in [2.75, 3.05) is 31.6 Å². The second-order valence-electron chi connectivity index (χ2n) is 10.3. The number of sulfone groups is 1. The van der Waals surface area contributed by atoms with Gasteiger partial charge >= 0.3 is 0 Å². The van der Waals surface area contributed by atoms with Gasteiger partial charge in [0.05, 0.1) is 0 Å². The molecule has 1 saturated carbocycles. The Labute approximate surface area is 192 Å². The SMILES string of the molecule is CS(=O)(=O)CC(=O)N(CCN1C2CCC1CC(c1cccc(O)c1)C2)CC1CCCCC1. The van der Waals surface area contributed by atoms with E-state index in [9.17, 15) is 18.3 Å². The molecule has 1 aromatic carbocycles. The van der Waals surface area contributed by atoms with Crippen LogP contribution in [0.2, 0.25) is 0 Å². The predicted molar refractivity (Wildman–Crippen MR) is 126 cm³/mol. The van der Waals surface area contributed by atoms with E-state index in [1.54, 1.807) is 6.07 Å². The summed E-state index contributed by atoms with van der Waals surface area (Å²) in [5.41, 5.74) is 1.23. The summed E-state index contributed by atoms with van der Waals surface area (Å²) in [5, 5.41) is 9.86. The average molecular weight is 463 g/mol. The number of nitrogens with zero attached hydrogens (tertiary/aromatic N) is 2. The van der Waals surface area contributed by atoms with Crippen molar-refractivity contribution in [3.8, 4) is 5.75 Å². The number of carbonyl (C=O) groups excluding carboxylic acids is 1. The van der Waals surface area contributed by atoms with Crippen LogP contribution in [0.4, 0.5) is 0 Å². The Balaban J connectivity index is 1.38. The van der Waals surface area contributed by atoms with E-state index in [4.69, 9.17) is 0 Å². The van der Waals surface area contributed by atoms with Crippen LogP contribution in [0.25, 0.3) is 0 Å². The molecule has 6 nitrogen and oxygen atoms in total. The molecule has 3 fully saturated rings. The van der Waals surface area contributed by atoms with Crippen molar-refractivity contribution in [2.24, 2.45) is 5.92 Å². The molecule has 2 saturated heterocycles. The number of fused-ring (bicyclic) bond motifs is 2. The molecule has 2 unspecified atom stereocenters. The highest BCUT2D eigenvalue weighted by Gasteiger charge is 2.41. The number of phenolic OH excluding ortho intramolecular Hbond substituents is 1. The zero-order valence-electron chi connectivity index (χ0n) is 19.3. The predicted octanol–water partition coefficient (Wildman–Crippen LogP) is 3.56. The summed E-state index contributed by atoms with van der Waals surface area (Å²) in [6.07, 6.45) is 11.7. The van der Waals surface area contributed by atoms with Gasteiger partial charge in [-0.25, -0.2) is 8.42 Å². The van der Waals surface area contributed by atoms with Crippen LogP contribution in [0.3, 0.4) is 0 Å². The molecule has 2 bridgehead atoms. The quantitative estimate of drug-likeness (QED) is 0.639. The Kier molecular flexibility index (Phi) is 7.45. The van der Waals surface area contributed by atoms with Gasteiger partial charge in [-0.2, -0.15) is 0 Å². The lowest BCUT2D eigenvalue weighted by Gasteiger charge is -2.40. The molecule has 2 atom stereocenters. The van der Waals surface area contributed by atoms with Gasteiger partial charge in [-0.15, -0.1) is 0 Å². The number of aromatic hydroxyl groups is 1. The summed E-state index contributed by atoms with van der Waals surface area (Å²) in [5.74, 6) is 0.688. The lowest BCUT2D eigenvalue weighted by molar-refractivity contribution is -0.129. The molecule has 0 radical (unpaired) electrons. The maximum atomic E-state index is 12.9. The summed E-state index contributed by atoms with van der Waals surface area (Å²) in [4.78, 5) is 17.3. The number of benzene rings is 1. The van der Waals surface area contributed by atoms with E-state index in [1.165, 1.54) is 37.7 Å². The average Bonchev–Trinajstić information content (AvgIpc) is 2.97. The number of carbonyl (C=O) groups is 1. The first-order valence-corrected chi connectivity index (χ1v) is 14.3. The number of amides is 1. The molecule has 32 heavy (non-hydrogen) atoms. The lowest BCUT2D eigenvalue weighted by atomic mass is 9.85. The highest BCUT2D eigenvalue weighted by Crippen LogP contribution is 2.43. The molecule has 1 aliphatic carbocycles. The third kappa shape index (κ3) is 6.04. The van der Waals surface area contributed by atoms with Crippen LogP contribution >= 0.6 is 0 Å². The highest BCUT2D eigenvalue weighted by atomic mass is 32.2. The summed E-state index contributed by atoms with van der Waals surface area (Å²) in [7, 11) is -3.33. The van der Waals surface area contributed by atoms with E-state index in [-0.39, 0.29) is 11.7 Å². The monoisotopic (exact) mass is 462 g/mol. The van der Waals surface area contributed by atoms with Crippen LogP contribution in [0.1, 0.15) is 69.3 Å². The molecule has 4 rings (SSSR count). The molecular weight excluding hydrogens is 424 g/mol. The van der Waals surface area contributed by atoms with Crippen molar-refractivity contribution >= 4 is 15.7 Å². The second kappa shape index (κ2) is 10.1. The molecule has 0 aromatic heterocycles. The van der Waals surface area contributed by atoms with E-state index in [0.717, 1.165) is 38.5 Å². The van der Waals surface area contributed by atoms with E-state index in [0.29, 0.717) is 42.8 Å². The van der Waals surface area contributed by atoms with Crippen molar-refractivity contribution < 1.29 is 18.3 Å². The molecule has 2 aliphatic heterocycles. The van der Waals surface area contributed by atoms with Crippen molar-refractivity contribution in [3.05, 3.63) is 29.8 Å². The van der Waals surface area contributed by atoms with Crippen LogP contribution in [0.5, 0.6) is 5.75 Å².